The molecule has 5 nitrogen and oxygen atoms in total. The quantitative estimate of drug-likeness (QED) is 0.851. The molecular weight excluding hydrogens is 319 g/mol. The van der Waals surface area contributed by atoms with Crippen molar-refractivity contribution in [2.24, 2.45) is 5.92 Å². The molecule has 0 spiro atoms. The standard InChI is InChI=1S/C19H29FN4O/c1-3-23-8-10-24(11-9-23)18-5-4-16(20)12-17(18)14(2)22-19(25)15-6-7-21-13-15/h4-5,12,14-15,21H,3,6-11,13H2,1-2H3,(H,22,25). The molecule has 3 rings (SSSR count). The molecule has 1 amide bonds. The zero-order valence-corrected chi connectivity index (χ0v) is 15.2. The summed E-state index contributed by atoms with van der Waals surface area (Å²) in [5.74, 6) is -0.175. The Bertz CT molecular complexity index is 595. The van der Waals surface area contributed by atoms with Crippen LogP contribution in [-0.4, -0.2) is 56.6 Å². The molecule has 2 saturated heterocycles. The van der Waals surface area contributed by atoms with E-state index in [-0.39, 0.29) is 23.7 Å². The zero-order chi connectivity index (χ0) is 17.8. The number of amides is 1. The largest absolute Gasteiger partial charge is 0.369 e. The van der Waals surface area contributed by atoms with Gasteiger partial charge in [-0.05, 0) is 44.6 Å². The van der Waals surface area contributed by atoms with Crippen molar-refractivity contribution < 1.29 is 9.18 Å². The summed E-state index contributed by atoms with van der Waals surface area (Å²) in [5, 5.41) is 6.30. The lowest BCUT2D eigenvalue weighted by Gasteiger charge is -2.37. The van der Waals surface area contributed by atoms with Gasteiger partial charge in [0.25, 0.3) is 0 Å². The predicted molar refractivity (Wildman–Crippen MR) is 98.3 cm³/mol. The van der Waals surface area contributed by atoms with Gasteiger partial charge in [-0.2, -0.15) is 0 Å². The summed E-state index contributed by atoms with van der Waals surface area (Å²) in [5.41, 5.74) is 1.90. The van der Waals surface area contributed by atoms with Gasteiger partial charge in [0.15, 0.2) is 0 Å². The van der Waals surface area contributed by atoms with Crippen LogP contribution in [0.25, 0.3) is 0 Å². The van der Waals surface area contributed by atoms with Crippen LogP contribution in [0.3, 0.4) is 0 Å². The average Bonchev–Trinajstić information content (AvgIpc) is 3.16. The minimum absolute atomic E-state index is 0.0209. The molecule has 25 heavy (non-hydrogen) atoms. The summed E-state index contributed by atoms with van der Waals surface area (Å²) < 4.78 is 13.9. The first-order chi connectivity index (χ1) is 12.1. The van der Waals surface area contributed by atoms with Crippen LogP contribution in [0.5, 0.6) is 0 Å². The Morgan fingerprint density at radius 2 is 2.12 bits per heavy atom. The molecule has 0 aliphatic carbocycles. The Morgan fingerprint density at radius 3 is 2.76 bits per heavy atom. The van der Waals surface area contributed by atoms with E-state index in [1.165, 1.54) is 6.07 Å². The van der Waals surface area contributed by atoms with Gasteiger partial charge >= 0.3 is 0 Å². The van der Waals surface area contributed by atoms with Gasteiger partial charge in [0, 0.05) is 44.0 Å². The fraction of sp³-hybridized carbons (Fsp3) is 0.632. The normalized spacial score (nSPS) is 22.8. The second-order valence-corrected chi connectivity index (χ2v) is 7.04. The van der Waals surface area contributed by atoms with E-state index < -0.39 is 0 Å². The highest BCUT2D eigenvalue weighted by Gasteiger charge is 2.26. The Morgan fingerprint density at radius 1 is 1.36 bits per heavy atom. The van der Waals surface area contributed by atoms with E-state index in [4.69, 9.17) is 0 Å². The van der Waals surface area contributed by atoms with Crippen LogP contribution in [-0.2, 0) is 4.79 Å². The van der Waals surface area contributed by atoms with E-state index >= 15 is 0 Å². The maximum absolute atomic E-state index is 13.9. The van der Waals surface area contributed by atoms with Crippen LogP contribution in [0.1, 0.15) is 31.9 Å². The van der Waals surface area contributed by atoms with Crippen LogP contribution in [0.2, 0.25) is 0 Å². The summed E-state index contributed by atoms with van der Waals surface area (Å²) in [7, 11) is 0. The summed E-state index contributed by atoms with van der Waals surface area (Å²) >= 11 is 0. The summed E-state index contributed by atoms with van der Waals surface area (Å²) in [6.07, 6.45) is 0.869. The van der Waals surface area contributed by atoms with Crippen molar-refractivity contribution in [2.75, 3.05) is 50.7 Å². The van der Waals surface area contributed by atoms with Crippen molar-refractivity contribution in [2.45, 2.75) is 26.3 Å². The van der Waals surface area contributed by atoms with Gasteiger partial charge < -0.3 is 20.4 Å². The monoisotopic (exact) mass is 348 g/mol. The van der Waals surface area contributed by atoms with E-state index in [0.29, 0.717) is 0 Å². The number of nitrogens with one attached hydrogen (secondary N) is 2. The minimum atomic E-state index is -0.255. The number of carbonyl (C=O) groups excluding carboxylic acids is 1. The molecule has 2 heterocycles. The van der Waals surface area contributed by atoms with Gasteiger partial charge in [-0.3, -0.25) is 4.79 Å². The minimum Gasteiger partial charge on any atom is -0.369 e. The third-order valence-electron chi connectivity index (χ3n) is 5.41. The van der Waals surface area contributed by atoms with Crippen molar-refractivity contribution in [3.63, 3.8) is 0 Å². The molecule has 138 valence electrons. The summed E-state index contributed by atoms with van der Waals surface area (Å²) in [6, 6.07) is 4.73. The molecule has 1 aromatic carbocycles. The fourth-order valence-electron chi connectivity index (χ4n) is 3.75. The third kappa shape index (κ3) is 4.30. The van der Waals surface area contributed by atoms with Crippen LogP contribution in [0.4, 0.5) is 10.1 Å². The number of halogens is 1. The fourth-order valence-corrected chi connectivity index (χ4v) is 3.75. The molecule has 2 N–H and O–H groups in total. The van der Waals surface area contributed by atoms with Gasteiger partial charge in [-0.15, -0.1) is 0 Å². The number of benzene rings is 1. The van der Waals surface area contributed by atoms with Crippen molar-refractivity contribution in [3.05, 3.63) is 29.6 Å². The number of anilines is 1. The highest BCUT2D eigenvalue weighted by atomic mass is 19.1. The van der Waals surface area contributed by atoms with Crippen LogP contribution in [0, 0.1) is 11.7 Å². The maximum atomic E-state index is 13.9. The number of piperazine rings is 1. The second-order valence-electron chi connectivity index (χ2n) is 7.04. The Balaban J connectivity index is 1.73. The molecule has 0 radical (unpaired) electrons. The first-order valence-electron chi connectivity index (χ1n) is 9.36. The van der Waals surface area contributed by atoms with Crippen molar-refractivity contribution in [3.8, 4) is 0 Å². The van der Waals surface area contributed by atoms with Gasteiger partial charge in [-0.25, -0.2) is 4.39 Å². The molecule has 0 saturated carbocycles. The van der Waals surface area contributed by atoms with Crippen LogP contribution in [0.15, 0.2) is 18.2 Å². The van der Waals surface area contributed by atoms with Crippen LogP contribution < -0.4 is 15.5 Å². The first kappa shape index (κ1) is 18.1. The van der Waals surface area contributed by atoms with Gasteiger partial charge in [0.2, 0.25) is 5.91 Å². The molecule has 0 bridgehead atoms. The van der Waals surface area contributed by atoms with E-state index in [1.807, 2.05) is 13.0 Å². The number of nitrogens with zero attached hydrogens (tertiary/aromatic N) is 2. The molecule has 1 aromatic rings. The summed E-state index contributed by atoms with van der Waals surface area (Å²) in [4.78, 5) is 17.1. The SMILES string of the molecule is CCN1CCN(c2ccc(F)cc2C(C)NC(=O)C2CCNC2)CC1. The van der Waals surface area contributed by atoms with Gasteiger partial charge in [0.1, 0.15) is 5.82 Å². The molecule has 2 aliphatic rings. The van der Waals surface area contributed by atoms with Crippen molar-refractivity contribution in [1.29, 1.82) is 0 Å². The Kier molecular flexibility index (Phi) is 5.91. The van der Waals surface area contributed by atoms with Crippen LogP contribution >= 0.6 is 0 Å². The lowest BCUT2D eigenvalue weighted by molar-refractivity contribution is -0.125. The average molecular weight is 348 g/mol. The Labute approximate surface area is 149 Å². The Hall–Kier alpha value is -1.66. The molecule has 0 aromatic heterocycles. The molecule has 6 heteroatoms. The summed E-state index contributed by atoms with van der Waals surface area (Å²) in [6.45, 7) is 10.7. The second kappa shape index (κ2) is 8.15. The number of carbonyl (C=O) groups is 1. The van der Waals surface area contributed by atoms with E-state index in [0.717, 1.165) is 63.5 Å². The van der Waals surface area contributed by atoms with Crippen molar-refractivity contribution >= 4 is 11.6 Å². The van der Waals surface area contributed by atoms with Crippen molar-refractivity contribution in [1.82, 2.24) is 15.5 Å². The zero-order valence-electron chi connectivity index (χ0n) is 15.2. The lowest BCUT2D eigenvalue weighted by Crippen LogP contribution is -2.46. The predicted octanol–water partition coefficient (Wildman–Crippen LogP) is 1.75. The lowest BCUT2D eigenvalue weighted by atomic mass is 10.0. The first-order valence-corrected chi connectivity index (χ1v) is 9.36. The highest BCUT2D eigenvalue weighted by Crippen LogP contribution is 2.28. The molecule has 2 atom stereocenters. The van der Waals surface area contributed by atoms with E-state index in [9.17, 15) is 9.18 Å². The highest BCUT2D eigenvalue weighted by molar-refractivity contribution is 5.80. The number of hydrogen-bond donors (Lipinski definition) is 2. The molecule has 2 fully saturated rings. The van der Waals surface area contributed by atoms with Gasteiger partial charge in [0.05, 0.1) is 12.0 Å². The maximum Gasteiger partial charge on any atom is 0.224 e. The third-order valence-corrected chi connectivity index (χ3v) is 5.41. The smallest absolute Gasteiger partial charge is 0.224 e. The number of hydrogen-bond acceptors (Lipinski definition) is 4. The molecule has 2 unspecified atom stereocenters. The van der Waals surface area contributed by atoms with E-state index in [2.05, 4.69) is 27.4 Å². The molecular formula is C19H29FN4O. The number of rotatable bonds is 5. The van der Waals surface area contributed by atoms with Gasteiger partial charge in [-0.1, -0.05) is 6.92 Å². The van der Waals surface area contributed by atoms with E-state index in [1.54, 1.807) is 6.07 Å². The molecule has 2 aliphatic heterocycles. The number of likely N-dealkylation sites (N-methyl/N-ethyl adjacent to an activating group) is 1. The topological polar surface area (TPSA) is 47.6 Å².